The molecule has 0 aliphatic rings. The highest BCUT2D eigenvalue weighted by Gasteiger charge is 2.06. The largest absolute Gasteiger partial charge is 0.384 e. The standard InChI is InChI=1S/C16H20ClNO2/c1-2-3-4-5-8-16(20)18-15-12-14(17)10-9-13(15)7-6-11-19/h9-10,12,19H,2-5,8,11H2,1H3,(H,18,20). The first-order valence-corrected chi connectivity index (χ1v) is 7.24. The Morgan fingerprint density at radius 3 is 2.85 bits per heavy atom. The maximum atomic E-state index is 11.9. The summed E-state index contributed by atoms with van der Waals surface area (Å²) in [6.07, 6.45) is 4.75. The smallest absolute Gasteiger partial charge is 0.224 e. The zero-order chi connectivity index (χ0) is 14.8. The van der Waals surface area contributed by atoms with Gasteiger partial charge < -0.3 is 10.4 Å². The van der Waals surface area contributed by atoms with Crippen LogP contribution in [0.2, 0.25) is 5.02 Å². The van der Waals surface area contributed by atoms with E-state index in [4.69, 9.17) is 16.7 Å². The van der Waals surface area contributed by atoms with Gasteiger partial charge in [0, 0.05) is 17.0 Å². The van der Waals surface area contributed by atoms with E-state index in [0.717, 1.165) is 25.7 Å². The second-order valence-electron chi connectivity index (χ2n) is 4.51. The van der Waals surface area contributed by atoms with Crippen molar-refractivity contribution in [3.8, 4) is 11.8 Å². The summed E-state index contributed by atoms with van der Waals surface area (Å²) >= 11 is 5.93. The lowest BCUT2D eigenvalue weighted by Crippen LogP contribution is -2.12. The number of aliphatic hydroxyl groups excluding tert-OH is 1. The van der Waals surface area contributed by atoms with Crippen LogP contribution in [-0.2, 0) is 4.79 Å². The molecule has 108 valence electrons. The van der Waals surface area contributed by atoms with Gasteiger partial charge in [0.05, 0.1) is 5.69 Å². The number of amides is 1. The van der Waals surface area contributed by atoms with Crippen molar-refractivity contribution in [2.75, 3.05) is 11.9 Å². The molecule has 4 heteroatoms. The molecular weight excluding hydrogens is 274 g/mol. The first-order chi connectivity index (χ1) is 9.67. The fourth-order valence-electron chi connectivity index (χ4n) is 1.79. The van der Waals surface area contributed by atoms with Crippen molar-refractivity contribution in [2.45, 2.75) is 39.0 Å². The number of hydrogen-bond donors (Lipinski definition) is 2. The Hall–Kier alpha value is -1.50. The molecule has 0 saturated heterocycles. The first kappa shape index (κ1) is 16.6. The molecule has 2 N–H and O–H groups in total. The van der Waals surface area contributed by atoms with E-state index in [1.165, 1.54) is 0 Å². The minimum Gasteiger partial charge on any atom is -0.384 e. The van der Waals surface area contributed by atoms with Gasteiger partial charge in [-0.2, -0.15) is 0 Å². The number of unbranched alkanes of at least 4 members (excludes halogenated alkanes) is 3. The van der Waals surface area contributed by atoms with Crippen molar-refractivity contribution in [2.24, 2.45) is 0 Å². The Kier molecular flexibility index (Phi) is 7.79. The second-order valence-corrected chi connectivity index (χ2v) is 4.95. The van der Waals surface area contributed by atoms with E-state index < -0.39 is 0 Å². The summed E-state index contributed by atoms with van der Waals surface area (Å²) in [6, 6.07) is 5.12. The molecule has 3 nitrogen and oxygen atoms in total. The Morgan fingerprint density at radius 1 is 1.35 bits per heavy atom. The van der Waals surface area contributed by atoms with E-state index in [0.29, 0.717) is 22.7 Å². The van der Waals surface area contributed by atoms with Crippen LogP contribution in [0, 0.1) is 11.8 Å². The van der Waals surface area contributed by atoms with Crippen LogP contribution < -0.4 is 5.32 Å². The zero-order valence-corrected chi connectivity index (χ0v) is 12.5. The molecular formula is C16H20ClNO2. The quantitative estimate of drug-likeness (QED) is 0.622. The Bertz CT molecular complexity index is 503. The predicted molar refractivity (Wildman–Crippen MR) is 82.8 cm³/mol. The Morgan fingerprint density at radius 2 is 2.15 bits per heavy atom. The molecule has 0 spiro atoms. The van der Waals surface area contributed by atoms with Crippen molar-refractivity contribution in [3.05, 3.63) is 28.8 Å². The molecule has 1 aromatic carbocycles. The zero-order valence-electron chi connectivity index (χ0n) is 11.7. The molecule has 0 bridgehead atoms. The summed E-state index contributed by atoms with van der Waals surface area (Å²) in [5.74, 6) is 5.34. The van der Waals surface area contributed by atoms with Gasteiger partial charge in [-0.1, -0.05) is 49.6 Å². The van der Waals surface area contributed by atoms with Crippen molar-refractivity contribution < 1.29 is 9.90 Å². The van der Waals surface area contributed by atoms with Gasteiger partial charge in [-0.15, -0.1) is 0 Å². The third-order valence-electron chi connectivity index (χ3n) is 2.82. The number of carbonyl (C=O) groups is 1. The maximum Gasteiger partial charge on any atom is 0.224 e. The fourth-order valence-corrected chi connectivity index (χ4v) is 1.96. The first-order valence-electron chi connectivity index (χ1n) is 6.86. The van der Waals surface area contributed by atoms with Crippen molar-refractivity contribution >= 4 is 23.2 Å². The minimum absolute atomic E-state index is 0.0320. The molecule has 0 atom stereocenters. The van der Waals surface area contributed by atoms with Crippen LogP contribution in [0.15, 0.2) is 18.2 Å². The van der Waals surface area contributed by atoms with Crippen molar-refractivity contribution in [3.63, 3.8) is 0 Å². The number of carbonyl (C=O) groups excluding carboxylic acids is 1. The van der Waals surface area contributed by atoms with Gasteiger partial charge in [-0.25, -0.2) is 0 Å². The molecule has 0 radical (unpaired) electrons. The number of halogens is 1. The molecule has 20 heavy (non-hydrogen) atoms. The molecule has 0 saturated carbocycles. The van der Waals surface area contributed by atoms with Crippen LogP contribution in [0.25, 0.3) is 0 Å². The molecule has 1 aromatic rings. The van der Waals surface area contributed by atoms with Crippen LogP contribution in [0.5, 0.6) is 0 Å². The average Bonchev–Trinajstić information content (AvgIpc) is 2.43. The van der Waals surface area contributed by atoms with E-state index in [2.05, 4.69) is 24.1 Å². The topological polar surface area (TPSA) is 49.3 Å². The SMILES string of the molecule is CCCCCCC(=O)Nc1cc(Cl)ccc1C#CCO. The number of aliphatic hydroxyl groups is 1. The van der Waals surface area contributed by atoms with E-state index >= 15 is 0 Å². The fraction of sp³-hybridized carbons (Fsp3) is 0.438. The summed E-state index contributed by atoms with van der Waals surface area (Å²) < 4.78 is 0. The van der Waals surface area contributed by atoms with Crippen LogP contribution >= 0.6 is 11.6 Å². The predicted octanol–water partition coefficient (Wildman–Crippen LogP) is 3.59. The number of benzene rings is 1. The minimum atomic E-state index is -0.215. The van der Waals surface area contributed by atoms with Crippen LogP contribution in [0.4, 0.5) is 5.69 Å². The summed E-state index contributed by atoms with van der Waals surface area (Å²) in [7, 11) is 0. The summed E-state index contributed by atoms with van der Waals surface area (Å²) in [6.45, 7) is 1.92. The Labute approximate surface area is 125 Å². The normalized spacial score (nSPS) is 9.75. The molecule has 1 rings (SSSR count). The molecule has 0 unspecified atom stereocenters. The van der Waals surface area contributed by atoms with E-state index in [1.807, 2.05) is 0 Å². The van der Waals surface area contributed by atoms with Gasteiger partial charge in [-0.3, -0.25) is 4.79 Å². The van der Waals surface area contributed by atoms with Gasteiger partial charge in [0.1, 0.15) is 6.61 Å². The molecule has 1 amide bonds. The molecule has 0 aliphatic heterocycles. The van der Waals surface area contributed by atoms with Gasteiger partial charge in [0.15, 0.2) is 0 Å². The lowest BCUT2D eigenvalue weighted by molar-refractivity contribution is -0.116. The third kappa shape index (κ3) is 6.10. The number of nitrogens with one attached hydrogen (secondary N) is 1. The maximum absolute atomic E-state index is 11.9. The monoisotopic (exact) mass is 293 g/mol. The summed E-state index contributed by atoms with van der Waals surface area (Å²) in [5, 5.41) is 12.1. The number of hydrogen-bond acceptors (Lipinski definition) is 2. The van der Waals surface area contributed by atoms with E-state index in [-0.39, 0.29) is 12.5 Å². The highest BCUT2D eigenvalue weighted by Crippen LogP contribution is 2.20. The molecule has 0 aliphatic carbocycles. The highest BCUT2D eigenvalue weighted by molar-refractivity contribution is 6.31. The van der Waals surface area contributed by atoms with Gasteiger partial charge in [0.2, 0.25) is 5.91 Å². The van der Waals surface area contributed by atoms with Crippen molar-refractivity contribution in [1.29, 1.82) is 0 Å². The lowest BCUT2D eigenvalue weighted by Gasteiger charge is -2.08. The number of rotatable bonds is 6. The van der Waals surface area contributed by atoms with Crippen LogP contribution in [-0.4, -0.2) is 17.6 Å². The molecule has 0 fully saturated rings. The van der Waals surface area contributed by atoms with E-state index in [9.17, 15) is 4.79 Å². The van der Waals surface area contributed by atoms with Crippen LogP contribution in [0.1, 0.15) is 44.6 Å². The third-order valence-corrected chi connectivity index (χ3v) is 3.05. The second kappa shape index (κ2) is 9.41. The molecule has 0 heterocycles. The van der Waals surface area contributed by atoms with Crippen LogP contribution in [0.3, 0.4) is 0 Å². The van der Waals surface area contributed by atoms with Gasteiger partial charge in [-0.05, 0) is 24.6 Å². The van der Waals surface area contributed by atoms with E-state index in [1.54, 1.807) is 18.2 Å². The highest BCUT2D eigenvalue weighted by atomic mass is 35.5. The number of anilines is 1. The van der Waals surface area contributed by atoms with Crippen molar-refractivity contribution in [1.82, 2.24) is 0 Å². The Balaban J connectivity index is 2.65. The summed E-state index contributed by atoms with van der Waals surface area (Å²) in [5.41, 5.74) is 1.25. The lowest BCUT2D eigenvalue weighted by atomic mass is 10.1. The summed E-state index contributed by atoms with van der Waals surface area (Å²) in [4.78, 5) is 11.9. The molecule has 0 aromatic heterocycles. The van der Waals surface area contributed by atoms with Gasteiger partial charge in [0.25, 0.3) is 0 Å². The van der Waals surface area contributed by atoms with Gasteiger partial charge >= 0.3 is 0 Å². The average molecular weight is 294 g/mol.